The van der Waals surface area contributed by atoms with Crippen molar-refractivity contribution in [2.24, 2.45) is 0 Å². The molecule has 0 radical (unpaired) electrons. The molecule has 0 fully saturated rings. The Morgan fingerprint density at radius 1 is 1.04 bits per heavy atom. The fourth-order valence-electron chi connectivity index (χ4n) is 2.63. The van der Waals surface area contributed by atoms with E-state index in [1.165, 1.54) is 19.3 Å². The molecule has 0 rings (SSSR count). The highest BCUT2D eigenvalue weighted by molar-refractivity contribution is 5.71. The zero-order valence-electron chi connectivity index (χ0n) is 15.8. The van der Waals surface area contributed by atoms with E-state index in [0.717, 1.165) is 19.3 Å². The zero-order valence-corrected chi connectivity index (χ0v) is 15.8. The highest BCUT2D eigenvalue weighted by atomic mass is 16.5. The summed E-state index contributed by atoms with van der Waals surface area (Å²) in [5, 5.41) is 20.7. The van der Waals surface area contributed by atoms with Crippen LogP contribution in [0.15, 0.2) is 0 Å². The second-order valence-electron chi connectivity index (χ2n) is 7.58. The van der Waals surface area contributed by atoms with E-state index in [1.807, 2.05) is 21.1 Å². The summed E-state index contributed by atoms with van der Waals surface area (Å²) in [5.41, 5.74) is 0. The Balaban J connectivity index is 4.10. The number of carbonyl (C=O) groups excluding carboxylic acids is 2. The van der Waals surface area contributed by atoms with E-state index in [0.29, 0.717) is 17.4 Å². The molecule has 142 valence electrons. The van der Waals surface area contributed by atoms with Gasteiger partial charge in [0, 0.05) is 12.4 Å². The van der Waals surface area contributed by atoms with E-state index in [4.69, 9.17) is 4.74 Å². The Bertz CT molecular complexity index is 365. The molecular weight excluding hydrogens is 310 g/mol. The summed E-state index contributed by atoms with van der Waals surface area (Å²) in [4.78, 5) is 22.7. The van der Waals surface area contributed by atoms with Gasteiger partial charge in [0.15, 0.2) is 6.10 Å². The van der Waals surface area contributed by atoms with Crippen molar-refractivity contribution in [2.45, 2.75) is 76.9 Å². The van der Waals surface area contributed by atoms with Gasteiger partial charge in [-0.05, 0) is 6.42 Å². The summed E-state index contributed by atoms with van der Waals surface area (Å²) in [5.74, 6) is -1.79. The summed E-state index contributed by atoms with van der Waals surface area (Å²) in [6, 6.07) is 0. The minimum atomic E-state index is -1.24. The van der Waals surface area contributed by atoms with Gasteiger partial charge in [0.25, 0.3) is 0 Å². The zero-order chi connectivity index (χ0) is 18.6. The van der Waals surface area contributed by atoms with Crippen molar-refractivity contribution in [2.75, 3.05) is 27.7 Å². The third kappa shape index (κ3) is 14.5. The van der Waals surface area contributed by atoms with Gasteiger partial charge in [-0.25, -0.2) is 0 Å². The van der Waals surface area contributed by atoms with Gasteiger partial charge >= 0.3 is 5.97 Å². The highest BCUT2D eigenvalue weighted by Crippen LogP contribution is 2.12. The molecule has 24 heavy (non-hydrogen) atoms. The Morgan fingerprint density at radius 3 is 2.17 bits per heavy atom. The average Bonchev–Trinajstić information content (AvgIpc) is 2.39. The largest absolute Gasteiger partial charge is 0.550 e. The van der Waals surface area contributed by atoms with Gasteiger partial charge in [-0.1, -0.05) is 45.4 Å². The molecule has 0 aromatic rings. The van der Waals surface area contributed by atoms with Gasteiger partial charge in [-0.15, -0.1) is 0 Å². The van der Waals surface area contributed by atoms with Crippen LogP contribution in [0.25, 0.3) is 0 Å². The number of likely N-dealkylation sites (N-methyl/N-ethyl adjacent to an activating group) is 1. The molecule has 0 spiro atoms. The maximum Gasteiger partial charge on any atom is 0.308 e. The number of aliphatic hydroxyl groups is 1. The molecular formula is C18H35NO5. The number of carboxylic acids is 1. The summed E-state index contributed by atoms with van der Waals surface area (Å²) in [6.07, 6.45) is 5.45. The highest BCUT2D eigenvalue weighted by Gasteiger charge is 2.23. The van der Waals surface area contributed by atoms with Crippen molar-refractivity contribution in [1.82, 2.24) is 0 Å². The van der Waals surface area contributed by atoms with Crippen LogP contribution in [0.2, 0.25) is 0 Å². The molecule has 0 aliphatic carbocycles. The Hall–Kier alpha value is -1.14. The number of hydrogen-bond acceptors (Lipinski definition) is 5. The second-order valence-corrected chi connectivity index (χ2v) is 7.58. The quantitative estimate of drug-likeness (QED) is 0.291. The first-order valence-corrected chi connectivity index (χ1v) is 9.02. The van der Waals surface area contributed by atoms with Crippen LogP contribution in [-0.4, -0.2) is 61.4 Å². The first-order valence-electron chi connectivity index (χ1n) is 9.02. The number of nitrogens with zero attached hydrogens (tertiary/aromatic N) is 1. The minimum absolute atomic E-state index is 0.0876. The SMILES string of the molecule is CCCCCCCCC(O)CC(=O)OC(CC(=O)[O-])C[N+](C)(C)C. The molecule has 1 N–H and O–H groups in total. The van der Waals surface area contributed by atoms with E-state index in [2.05, 4.69) is 6.92 Å². The van der Waals surface area contributed by atoms with E-state index in [9.17, 15) is 19.8 Å². The van der Waals surface area contributed by atoms with Crippen LogP contribution in [0.1, 0.15) is 64.7 Å². The number of rotatable bonds is 14. The second kappa shape index (κ2) is 12.3. The molecule has 2 unspecified atom stereocenters. The third-order valence-electron chi connectivity index (χ3n) is 3.74. The van der Waals surface area contributed by atoms with E-state index in [1.54, 1.807) is 0 Å². The van der Waals surface area contributed by atoms with Crippen LogP contribution >= 0.6 is 0 Å². The van der Waals surface area contributed by atoms with E-state index >= 15 is 0 Å². The minimum Gasteiger partial charge on any atom is -0.550 e. The normalized spacial score (nSPS) is 14.2. The molecule has 0 aliphatic rings. The monoisotopic (exact) mass is 345 g/mol. The number of quaternary nitrogens is 1. The number of hydrogen-bond donors (Lipinski definition) is 1. The number of aliphatic carboxylic acids is 1. The lowest BCUT2D eigenvalue weighted by Gasteiger charge is -2.29. The maximum atomic E-state index is 11.9. The lowest BCUT2D eigenvalue weighted by Crippen LogP contribution is -2.45. The number of ether oxygens (including phenoxy) is 1. The molecule has 6 nitrogen and oxygen atoms in total. The van der Waals surface area contributed by atoms with Gasteiger partial charge in [-0.3, -0.25) is 4.79 Å². The number of carbonyl (C=O) groups is 2. The van der Waals surface area contributed by atoms with Crippen molar-refractivity contribution in [3.63, 3.8) is 0 Å². The van der Waals surface area contributed by atoms with Crippen LogP contribution in [0, 0.1) is 0 Å². The fourth-order valence-corrected chi connectivity index (χ4v) is 2.63. The predicted octanol–water partition coefficient (Wildman–Crippen LogP) is 1.25. The van der Waals surface area contributed by atoms with Crippen LogP contribution in [0.5, 0.6) is 0 Å². The molecule has 0 saturated carbocycles. The van der Waals surface area contributed by atoms with Crippen LogP contribution in [-0.2, 0) is 14.3 Å². The van der Waals surface area contributed by atoms with Crippen molar-refractivity contribution in [3.05, 3.63) is 0 Å². The third-order valence-corrected chi connectivity index (χ3v) is 3.74. The van der Waals surface area contributed by atoms with Crippen LogP contribution < -0.4 is 5.11 Å². The van der Waals surface area contributed by atoms with Crippen LogP contribution in [0.4, 0.5) is 0 Å². The molecule has 0 aliphatic heterocycles. The Kier molecular flexibility index (Phi) is 11.7. The molecule has 0 heterocycles. The summed E-state index contributed by atoms with van der Waals surface area (Å²) >= 11 is 0. The topological polar surface area (TPSA) is 86.7 Å². The van der Waals surface area contributed by atoms with Gasteiger partial charge < -0.3 is 24.2 Å². The summed E-state index contributed by atoms with van der Waals surface area (Å²) in [7, 11) is 5.68. The van der Waals surface area contributed by atoms with Gasteiger partial charge in [0.05, 0.1) is 33.7 Å². The standard InChI is InChI=1S/C18H35NO5/c1-5-6-7-8-9-10-11-15(20)12-18(23)24-16(13-17(21)22)14-19(2,3)4/h15-16,20H,5-14H2,1-4H3. The van der Waals surface area contributed by atoms with Crippen molar-refractivity contribution < 1.29 is 29.0 Å². The molecule has 0 aromatic heterocycles. The van der Waals surface area contributed by atoms with Crippen molar-refractivity contribution >= 4 is 11.9 Å². The predicted molar refractivity (Wildman–Crippen MR) is 91.0 cm³/mol. The fraction of sp³-hybridized carbons (Fsp3) is 0.889. The lowest BCUT2D eigenvalue weighted by atomic mass is 10.1. The molecule has 0 amide bonds. The Labute approximate surface area is 146 Å². The molecule has 2 atom stereocenters. The Morgan fingerprint density at radius 2 is 1.62 bits per heavy atom. The molecule has 0 bridgehead atoms. The maximum absolute atomic E-state index is 11.9. The number of esters is 1. The number of unbranched alkanes of at least 4 members (excludes halogenated alkanes) is 5. The van der Waals surface area contributed by atoms with Crippen molar-refractivity contribution in [1.29, 1.82) is 0 Å². The number of aliphatic hydroxyl groups excluding tert-OH is 1. The van der Waals surface area contributed by atoms with Gasteiger partial charge in [0.2, 0.25) is 0 Å². The molecule has 0 aromatic carbocycles. The lowest BCUT2D eigenvalue weighted by molar-refractivity contribution is -0.873. The molecule has 0 saturated heterocycles. The molecule has 6 heteroatoms. The summed E-state index contributed by atoms with van der Waals surface area (Å²) < 4.78 is 5.71. The van der Waals surface area contributed by atoms with E-state index < -0.39 is 24.1 Å². The van der Waals surface area contributed by atoms with Crippen LogP contribution in [0.3, 0.4) is 0 Å². The van der Waals surface area contributed by atoms with Gasteiger partial charge in [-0.2, -0.15) is 0 Å². The average molecular weight is 345 g/mol. The first kappa shape index (κ1) is 22.9. The summed E-state index contributed by atoms with van der Waals surface area (Å²) in [6.45, 7) is 2.55. The van der Waals surface area contributed by atoms with Gasteiger partial charge in [0.1, 0.15) is 6.54 Å². The number of carboxylic acid groups (broad SMARTS) is 1. The first-order chi connectivity index (χ1) is 11.1. The smallest absolute Gasteiger partial charge is 0.308 e. The van der Waals surface area contributed by atoms with E-state index in [-0.39, 0.29) is 12.8 Å². The van der Waals surface area contributed by atoms with Crippen molar-refractivity contribution in [3.8, 4) is 0 Å².